The van der Waals surface area contributed by atoms with Gasteiger partial charge < -0.3 is 33.2 Å². The zero-order valence-corrected chi connectivity index (χ0v) is 19.1. The van der Waals surface area contributed by atoms with Crippen molar-refractivity contribution in [2.24, 2.45) is 11.8 Å². The fraction of sp³-hybridized carbons (Fsp3) is 0.458. The third-order valence-corrected chi connectivity index (χ3v) is 6.38. The molecule has 3 unspecified atom stereocenters. The third-order valence-electron chi connectivity index (χ3n) is 6.38. The van der Waals surface area contributed by atoms with Crippen molar-refractivity contribution >= 4 is 5.78 Å². The minimum atomic E-state index is -0.269. The smallest absolute Gasteiger partial charge is 0.203 e. The molecule has 172 valence electrons. The summed E-state index contributed by atoms with van der Waals surface area (Å²) >= 11 is 0. The number of carbonyl (C=O) groups is 1. The maximum Gasteiger partial charge on any atom is 0.203 e. The first-order chi connectivity index (χ1) is 15.5. The van der Waals surface area contributed by atoms with Crippen molar-refractivity contribution < 1.29 is 38.0 Å². The Kier molecular flexibility index (Phi) is 6.06. The molecule has 0 aromatic heterocycles. The van der Waals surface area contributed by atoms with Crippen molar-refractivity contribution in [3.8, 4) is 34.5 Å². The molecule has 2 aromatic rings. The Labute approximate surface area is 187 Å². The van der Waals surface area contributed by atoms with E-state index in [0.717, 1.165) is 11.1 Å². The average Bonchev–Trinajstić information content (AvgIpc) is 3.32. The van der Waals surface area contributed by atoms with E-state index in [1.165, 1.54) is 7.11 Å². The highest BCUT2D eigenvalue weighted by Crippen LogP contribution is 2.55. The molecule has 2 aliphatic rings. The summed E-state index contributed by atoms with van der Waals surface area (Å²) in [5, 5.41) is 0. The van der Waals surface area contributed by atoms with E-state index in [-0.39, 0.29) is 23.5 Å². The summed E-state index contributed by atoms with van der Waals surface area (Å²) in [5.74, 6) is 2.38. The van der Waals surface area contributed by atoms with Gasteiger partial charge in [-0.25, -0.2) is 0 Å². The van der Waals surface area contributed by atoms with Crippen LogP contribution in [0.1, 0.15) is 27.4 Å². The van der Waals surface area contributed by atoms with Gasteiger partial charge in [-0.3, -0.25) is 4.79 Å². The van der Waals surface area contributed by atoms with Crippen LogP contribution in [0.3, 0.4) is 0 Å². The molecule has 4 rings (SSSR count). The van der Waals surface area contributed by atoms with Gasteiger partial charge in [-0.2, -0.15) is 0 Å². The predicted octanol–water partition coefficient (Wildman–Crippen LogP) is 3.33. The van der Waals surface area contributed by atoms with Crippen molar-refractivity contribution in [3.05, 3.63) is 34.9 Å². The summed E-state index contributed by atoms with van der Waals surface area (Å²) in [6.07, 6.45) is 0. The number of benzene rings is 2. The highest BCUT2D eigenvalue weighted by molar-refractivity contribution is 6.03. The lowest BCUT2D eigenvalue weighted by Crippen LogP contribution is -2.35. The quantitative estimate of drug-likeness (QED) is 0.643. The standard InChI is InChI=1S/C24H28O8/c1-26-16-7-12(8-17(27-2)22(16)29-4)19-14-10-32-11-15(14)21(25)13-9-18(28-3)23(30-5)24(31-6)20(13)19/h7-9,14-15,19H,10-11H2,1-6H3. The number of carbonyl (C=O) groups excluding carboxylic acids is 1. The van der Waals surface area contributed by atoms with Gasteiger partial charge in [0.15, 0.2) is 28.8 Å². The molecule has 1 fully saturated rings. The monoisotopic (exact) mass is 444 g/mol. The molecule has 3 atom stereocenters. The molecule has 1 aliphatic carbocycles. The van der Waals surface area contributed by atoms with Gasteiger partial charge in [0.1, 0.15) is 0 Å². The van der Waals surface area contributed by atoms with Crippen molar-refractivity contribution in [1.29, 1.82) is 0 Å². The molecular formula is C24H28O8. The Morgan fingerprint density at radius 2 is 1.28 bits per heavy atom. The Hall–Kier alpha value is -3.13. The van der Waals surface area contributed by atoms with Gasteiger partial charge >= 0.3 is 0 Å². The molecule has 8 heteroatoms. The molecule has 1 heterocycles. The second-order valence-electron chi connectivity index (χ2n) is 7.71. The van der Waals surface area contributed by atoms with Gasteiger partial charge in [-0.1, -0.05) is 0 Å². The van der Waals surface area contributed by atoms with Crippen LogP contribution in [0.2, 0.25) is 0 Å². The first-order valence-corrected chi connectivity index (χ1v) is 10.3. The zero-order chi connectivity index (χ0) is 23.0. The summed E-state index contributed by atoms with van der Waals surface area (Å²) in [6, 6.07) is 5.56. The van der Waals surface area contributed by atoms with Gasteiger partial charge in [-0.05, 0) is 23.8 Å². The van der Waals surface area contributed by atoms with Crippen LogP contribution in [-0.4, -0.2) is 61.7 Å². The number of fused-ring (bicyclic) bond motifs is 2. The van der Waals surface area contributed by atoms with Crippen LogP contribution in [0.5, 0.6) is 34.5 Å². The summed E-state index contributed by atoms with van der Waals surface area (Å²) in [4.78, 5) is 13.5. The molecule has 0 bridgehead atoms. The Morgan fingerprint density at radius 1 is 0.719 bits per heavy atom. The maximum absolute atomic E-state index is 13.5. The molecule has 0 spiro atoms. The van der Waals surface area contributed by atoms with Crippen LogP contribution in [0, 0.1) is 11.8 Å². The van der Waals surface area contributed by atoms with Gasteiger partial charge in [0.2, 0.25) is 11.5 Å². The number of ether oxygens (including phenoxy) is 7. The summed E-state index contributed by atoms with van der Waals surface area (Å²) < 4.78 is 39.4. The number of rotatable bonds is 7. The maximum atomic E-state index is 13.5. The van der Waals surface area contributed by atoms with Gasteiger partial charge in [0, 0.05) is 23.0 Å². The molecule has 0 radical (unpaired) electrons. The highest BCUT2D eigenvalue weighted by atomic mass is 16.5. The fourth-order valence-corrected chi connectivity index (χ4v) is 4.97. The Bertz CT molecular complexity index is 1010. The fourth-order valence-electron chi connectivity index (χ4n) is 4.97. The second kappa shape index (κ2) is 8.78. The van der Waals surface area contributed by atoms with Crippen LogP contribution in [0.25, 0.3) is 0 Å². The summed E-state index contributed by atoms with van der Waals surface area (Å²) in [7, 11) is 9.37. The molecule has 1 aliphatic heterocycles. The number of hydrogen-bond acceptors (Lipinski definition) is 8. The first-order valence-electron chi connectivity index (χ1n) is 10.3. The highest BCUT2D eigenvalue weighted by Gasteiger charge is 2.49. The van der Waals surface area contributed by atoms with E-state index in [1.54, 1.807) is 41.6 Å². The molecular weight excluding hydrogens is 416 g/mol. The first kappa shape index (κ1) is 22.1. The van der Waals surface area contributed by atoms with E-state index in [0.29, 0.717) is 53.3 Å². The van der Waals surface area contributed by atoms with E-state index in [4.69, 9.17) is 33.2 Å². The van der Waals surface area contributed by atoms with Gasteiger partial charge in [-0.15, -0.1) is 0 Å². The molecule has 32 heavy (non-hydrogen) atoms. The van der Waals surface area contributed by atoms with Gasteiger partial charge in [0.25, 0.3) is 0 Å². The summed E-state index contributed by atoms with van der Waals surface area (Å²) in [5.41, 5.74) is 2.19. The predicted molar refractivity (Wildman–Crippen MR) is 116 cm³/mol. The van der Waals surface area contributed by atoms with E-state index in [2.05, 4.69) is 0 Å². The third kappa shape index (κ3) is 3.21. The number of methoxy groups -OCH3 is 6. The minimum Gasteiger partial charge on any atom is -0.493 e. The molecule has 0 N–H and O–H groups in total. The van der Waals surface area contributed by atoms with Crippen molar-refractivity contribution in [2.75, 3.05) is 55.9 Å². The van der Waals surface area contributed by atoms with Crippen LogP contribution < -0.4 is 28.4 Å². The number of Topliss-reactive ketones (excluding diaryl/α,β-unsaturated/α-hetero) is 1. The summed E-state index contributed by atoms with van der Waals surface area (Å²) in [6.45, 7) is 0.829. The Balaban J connectivity index is 2.04. The molecule has 0 amide bonds. The topological polar surface area (TPSA) is 81.7 Å². The van der Waals surface area contributed by atoms with E-state index >= 15 is 0 Å². The van der Waals surface area contributed by atoms with Crippen molar-refractivity contribution in [3.63, 3.8) is 0 Å². The van der Waals surface area contributed by atoms with E-state index in [1.807, 2.05) is 12.1 Å². The average molecular weight is 444 g/mol. The molecule has 1 saturated heterocycles. The lowest BCUT2D eigenvalue weighted by atomic mass is 9.66. The zero-order valence-electron chi connectivity index (χ0n) is 19.1. The number of hydrogen-bond donors (Lipinski definition) is 0. The van der Waals surface area contributed by atoms with E-state index < -0.39 is 0 Å². The lowest BCUT2D eigenvalue weighted by molar-refractivity contribution is 0.0864. The largest absolute Gasteiger partial charge is 0.493 e. The molecule has 8 nitrogen and oxygen atoms in total. The molecule has 2 aromatic carbocycles. The van der Waals surface area contributed by atoms with Crippen molar-refractivity contribution in [1.82, 2.24) is 0 Å². The van der Waals surface area contributed by atoms with Crippen LogP contribution in [0.15, 0.2) is 18.2 Å². The molecule has 0 saturated carbocycles. The number of ketones is 1. The van der Waals surface area contributed by atoms with Gasteiger partial charge in [0.05, 0.1) is 61.8 Å². The van der Waals surface area contributed by atoms with E-state index in [9.17, 15) is 4.79 Å². The minimum absolute atomic E-state index is 0.0189. The SMILES string of the molecule is COc1cc(C2c3c(cc(OC)c(OC)c3OC)C(=O)C3COCC32)cc(OC)c1OC. The van der Waals surface area contributed by atoms with Crippen LogP contribution >= 0.6 is 0 Å². The second-order valence-corrected chi connectivity index (χ2v) is 7.71. The normalized spacial score (nSPS) is 21.4. The lowest BCUT2D eigenvalue weighted by Gasteiger charge is -2.36. The Morgan fingerprint density at radius 3 is 1.81 bits per heavy atom. The van der Waals surface area contributed by atoms with Crippen molar-refractivity contribution in [2.45, 2.75) is 5.92 Å². The van der Waals surface area contributed by atoms with Crippen LogP contribution in [-0.2, 0) is 4.74 Å². The van der Waals surface area contributed by atoms with Crippen LogP contribution in [0.4, 0.5) is 0 Å².